The van der Waals surface area contributed by atoms with Crippen LogP contribution >= 0.6 is 11.5 Å². The Labute approximate surface area is 159 Å². The van der Waals surface area contributed by atoms with Crippen molar-refractivity contribution in [1.82, 2.24) is 14.2 Å². The van der Waals surface area contributed by atoms with E-state index in [1.807, 2.05) is 0 Å². The van der Waals surface area contributed by atoms with E-state index in [2.05, 4.69) is 43.3 Å². The Morgan fingerprint density at radius 2 is 1.81 bits per heavy atom. The molecule has 4 rings (SSSR count). The third-order valence-corrected chi connectivity index (χ3v) is 6.42. The quantitative estimate of drug-likeness (QED) is 0.808. The van der Waals surface area contributed by atoms with Gasteiger partial charge in [-0.2, -0.15) is 4.37 Å². The van der Waals surface area contributed by atoms with Crippen LogP contribution in [0.1, 0.15) is 32.1 Å². The molecule has 0 spiro atoms. The summed E-state index contributed by atoms with van der Waals surface area (Å²) in [6.07, 6.45) is 5.29. The van der Waals surface area contributed by atoms with Gasteiger partial charge in [0.05, 0.1) is 4.70 Å². The highest BCUT2D eigenvalue weighted by atomic mass is 32.1. The van der Waals surface area contributed by atoms with Crippen molar-refractivity contribution in [3.05, 3.63) is 24.3 Å². The van der Waals surface area contributed by atoms with Crippen LogP contribution in [0.25, 0.3) is 10.1 Å². The van der Waals surface area contributed by atoms with Crippen LogP contribution < -0.4 is 4.90 Å². The van der Waals surface area contributed by atoms with Gasteiger partial charge in [0.1, 0.15) is 5.82 Å². The summed E-state index contributed by atoms with van der Waals surface area (Å²) in [5.41, 5.74) is 0. The number of amides is 1. The van der Waals surface area contributed by atoms with Gasteiger partial charge >= 0.3 is 0 Å². The molecule has 0 radical (unpaired) electrons. The smallest absolute Gasteiger partial charge is 0.222 e. The molecular formula is C20H28N4OS. The van der Waals surface area contributed by atoms with E-state index < -0.39 is 0 Å². The fourth-order valence-electron chi connectivity index (χ4n) is 4.04. The van der Waals surface area contributed by atoms with Crippen molar-refractivity contribution in [2.45, 2.75) is 32.1 Å². The lowest BCUT2D eigenvalue weighted by Gasteiger charge is -2.35. The molecule has 2 fully saturated rings. The van der Waals surface area contributed by atoms with Gasteiger partial charge in [-0.15, -0.1) is 0 Å². The molecule has 2 saturated heterocycles. The van der Waals surface area contributed by atoms with E-state index >= 15 is 0 Å². The van der Waals surface area contributed by atoms with Crippen LogP contribution in [0.4, 0.5) is 5.82 Å². The second kappa shape index (κ2) is 8.35. The van der Waals surface area contributed by atoms with Crippen LogP contribution in [-0.4, -0.2) is 65.9 Å². The van der Waals surface area contributed by atoms with E-state index in [1.54, 1.807) is 11.5 Å². The second-order valence-electron chi connectivity index (χ2n) is 7.38. The average molecular weight is 373 g/mol. The largest absolute Gasteiger partial charge is 0.353 e. The highest BCUT2D eigenvalue weighted by molar-refractivity contribution is 7.13. The van der Waals surface area contributed by atoms with E-state index in [0.717, 1.165) is 70.9 Å². The van der Waals surface area contributed by atoms with Crippen molar-refractivity contribution in [3.63, 3.8) is 0 Å². The molecule has 140 valence electrons. The number of carbonyl (C=O) groups is 1. The maximum atomic E-state index is 12.1. The van der Waals surface area contributed by atoms with Crippen molar-refractivity contribution in [3.8, 4) is 0 Å². The lowest BCUT2D eigenvalue weighted by molar-refractivity contribution is -0.130. The van der Waals surface area contributed by atoms with Crippen molar-refractivity contribution in [2.24, 2.45) is 0 Å². The zero-order valence-corrected chi connectivity index (χ0v) is 16.2. The molecule has 2 aliphatic heterocycles. The first kappa shape index (κ1) is 17.7. The van der Waals surface area contributed by atoms with Crippen molar-refractivity contribution in [2.75, 3.05) is 50.7 Å². The van der Waals surface area contributed by atoms with Gasteiger partial charge in [-0.3, -0.25) is 9.69 Å². The van der Waals surface area contributed by atoms with Crippen molar-refractivity contribution >= 4 is 33.3 Å². The van der Waals surface area contributed by atoms with Gasteiger partial charge in [0.2, 0.25) is 5.91 Å². The summed E-state index contributed by atoms with van der Waals surface area (Å²) in [5.74, 6) is 1.52. The first-order chi connectivity index (χ1) is 12.8. The SMILES string of the molecule is O=C1CCCCCN1CCCN1CCN(c2nsc3ccccc23)CC1. The number of benzene rings is 1. The molecular weight excluding hydrogens is 344 g/mol. The number of rotatable bonds is 5. The highest BCUT2D eigenvalue weighted by Gasteiger charge is 2.21. The molecule has 0 atom stereocenters. The summed E-state index contributed by atoms with van der Waals surface area (Å²) in [6, 6.07) is 8.51. The molecule has 2 aliphatic rings. The summed E-state index contributed by atoms with van der Waals surface area (Å²) in [6.45, 7) is 7.22. The Hall–Kier alpha value is -1.66. The maximum absolute atomic E-state index is 12.1. The Morgan fingerprint density at radius 3 is 2.69 bits per heavy atom. The summed E-state index contributed by atoms with van der Waals surface area (Å²) in [7, 11) is 0. The molecule has 5 nitrogen and oxygen atoms in total. The number of anilines is 1. The van der Waals surface area contributed by atoms with Crippen molar-refractivity contribution < 1.29 is 4.79 Å². The van der Waals surface area contributed by atoms with Gasteiger partial charge in [0.15, 0.2) is 0 Å². The number of likely N-dealkylation sites (tertiary alicyclic amines) is 1. The standard InChI is InChI=1S/C20H28N4OS/c25-19-9-2-1-5-11-23(19)12-6-10-22-13-15-24(16-14-22)20-17-7-3-4-8-18(17)26-21-20/h3-4,7-8H,1-2,5-6,9-16H2. The van der Waals surface area contributed by atoms with Crippen LogP contribution in [0.2, 0.25) is 0 Å². The van der Waals surface area contributed by atoms with E-state index in [-0.39, 0.29) is 0 Å². The fourth-order valence-corrected chi connectivity index (χ4v) is 4.84. The number of hydrogen-bond acceptors (Lipinski definition) is 5. The monoisotopic (exact) mass is 372 g/mol. The number of nitrogens with zero attached hydrogens (tertiary/aromatic N) is 4. The molecule has 0 N–H and O–H groups in total. The highest BCUT2D eigenvalue weighted by Crippen LogP contribution is 2.29. The number of carbonyl (C=O) groups excluding carboxylic acids is 1. The van der Waals surface area contributed by atoms with Crippen LogP contribution in [0, 0.1) is 0 Å². The molecule has 2 aromatic rings. The van der Waals surface area contributed by atoms with Crippen molar-refractivity contribution in [1.29, 1.82) is 0 Å². The molecule has 0 bridgehead atoms. The van der Waals surface area contributed by atoms with E-state index in [0.29, 0.717) is 5.91 Å². The normalized spacial score (nSPS) is 19.9. The van der Waals surface area contributed by atoms with Gasteiger partial charge < -0.3 is 9.80 Å². The molecule has 1 aromatic carbocycles. The molecule has 1 amide bonds. The summed E-state index contributed by atoms with van der Waals surface area (Å²) in [4.78, 5) is 19.1. The molecule has 0 unspecified atom stereocenters. The average Bonchev–Trinajstić information content (AvgIpc) is 3.00. The predicted molar refractivity (Wildman–Crippen MR) is 108 cm³/mol. The van der Waals surface area contributed by atoms with Gasteiger partial charge in [0.25, 0.3) is 0 Å². The second-order valence-corrected chi connectivity index (χ2v) is 8.18. The first-order valence-electron chi connectivity index (χ1n) is 9.91. The zero-order valence-electron chi connectivity index (χ0n) is 15.4. The molecule has 3 heterocycles. The zero-order chi connectivity index (χ0) is 17.8. The molecule has 0 aliphatic carbocycles. The lowest BCUT2D eigenvalue weighted by Crippen LogP contribution is -2.47. The van der Waals surface area contributed by atoms with Gasteiger partial charge in [-0.1, -0.05) is 18.6 Å². The van der Waals surface area contributed by atoms with E-state index in [4.69, 9.17) is 0 Å². The molecule has 1 aromatic heterocycles. The topological polar surface area (TPSA) is 39.7 Å². The first-order valence-corrected chi connectivity index (χ1v) is 10.7. The van der Waals surface area contributed by atoms with Crippen LogP contribution in [0.5, 0.6) is 0 Å². The Kier molecular flexibility index (Phi) is 5.70. The number of aromatic nitrogens is 1. The Bertz CT molecular complexity index is 738. The third kappa shape index (κ3) is 4.01. The van der Waals surface area contributed by atoms with Gasteiger partial charge in [0, 0.05) is 51.1 Å². The molecule has 26 heavy (non-hydrogen) atoms. The van der Waals surface area contributed by atoms with Crippen LogP contribution in [-0.2, 0) is 4.79 Å². The Morgan fingerprint density at radius 1 is 0.962 bits per heavy atom. The minimum Gasteiger partial charge on any atom is -0.353 e. The van der Waals surface area contributed by atoms with Gasteiger partial charge in [-0.25, -0.2) is 0 Å². The Balaban J connectivity index is 1.24. The molecule has 0 saturated carbocycles. The third-order valence-electron chi connectivity index (χ3n) is 5.60. The number of hydrogen-bond donors (Lipinski definition) is 0. The van der Waals surface area contributed by atoms with Gasteiger partial charge in [-0.05, 0) is 49.5 Å². The molecule has 6 heteroatoms. The fraction of sp³-hybridized carbons (Fsp3) is 0.600. The number of piperazine rings is 1. The lowest BCUT2D eigenvalue weighted by atomic mass is 10.2. The predicted octanol–water partition coefficient (Wildman–Crippen LogP) is 3.21. The van der Waals surface area contributed by atoms with E-state index in [1.165, 1.54) is 22.9 Å². The van der Waals surface area contributed by atoms with Crippen LogP contribution in [0.3, 0.4) is 0 Å². The minimum absolute atomic E-state index is 0.364. The minimum atomic E-state index is 0.364. The van der Waals surface area contributed by atoms with Crippen LogP contribution in [0.15, 0.2) is 24.3 Å². The summed E-state index contributed by atoms with van der Waals surface area (Å²) < 4.78 is 5.96. The van der Waals surface area contributed by atoms with E-state index in [9.17, 15) is 4.79 Å². The number of fused-ring (bicyclic) bond motifs is 1. The maximum Gasteiger partial charge on any atom is 0.222 e. The summed E-state index contributed by atoms with van der Waals surface area (Å²) >= 11 is 1.60. The summed E-state index contributed by atoms with van der Waals surface area (Å²) in [5, 5.41) is 1.28.